The lowest BCUT2D eigenvalue weighted by molar-refractivity contribution is 0.293. The second-order valence-electron chi connectivity index (χ2n) is 2.97. The first-order valence-electron chi connectivity index (χ1n) is 4.93. The second-order valence-corrected chi connectivity index (χ2v) is 2.97. The summed E-state index contributed by atoms with van der Waals surface area (Å²) < 4.78 is 0. The number of aliphatic imine (C=N–C) groups is 1. The van der Waals surface area contributed by atoms with Gasteiger partial charge in [-0.05, 0) is 19.5 Å². The summed E-state index contributed by atoms with van der Waals surface area (Å²) in [7, 11) is 1.69. The fourth-order valence-electron chi connectivity index (χ4n) is 1.17. The van der Waals surface area contributed by atoms with Gasteiger partial charge in [0, 0.05) is 20.1 Å². The number of nitrogens with zero attached hydrogens (tertiary/aromatic N) is 2. The monoisotopic (exact) mass is 186 g/mol. The highest BCUT2D eigenvalue weighted by atomic mass is 15.2. The third-order valence-electron chi connectivity index (χ3n) is 1.96. The Kier molecular flexibility index (Phi) is 7.39. The van der Waals surface area contributed by atoms with Crippen molar-refractivity contribution in [2.24, 2.45) is 10.7 Å². The number of hydrogen-bond acceptors (Lipinski definition) is 2. The van der Waals surface area contributed by atoms with E-state index in [0.29, 0.717) is 5.96 Å². The van der Waals surface area contributed by atoms with Crippen LogP contribution >= 0.6 is 0 Å². The van der Waals surface area contributed by atoms with Crippen LogP contribution in [0.2, 0.25) is 0 Å². The molecule has 0 fully saturated rings. The highest BCUT2D eigenvalue weighted by Gasteiger charge is 1.99. The molecule has 0 bridgehead atoms. The third kappa shape index (κ3) is 6.40. The van der Waals surface area contributed by atoms with E-state index in [0.717, 1.165) is 26.2 Å². The lowest BCUT2D eigenvalue weighted by Gasteiger charge is -2.19. The van der Waals surface area contributed by atoms with E-state index in [1.165, 1.54) is 6.42 Å². The minimum atomic E-state index is 0.521. The lowest BCUT2D eigenvalue weighted by atomic mass is 10.4. The highest BCUT2D eigenvalue weighted by Crippen LogP contribution is 1.88. The van der Waals surface area contributed by atoms with Crippen molar-refractivity contribution < 1.29 is 0 Å². The summed E-state index contributed by atoms with van der Waals surface area (Å²) in [4.78, 5) is 6.21. The van der Waals surface area contributed by atoms with Crippen molar-refractivity contribution in [1.29, 1.82) is 0 Å². The van der Waals surface area contributed by atoms with Crippen LogP contribution in [0.3, 0.4) is 0 Å². The molecule has 13 heavy (non-hydrogen) atoms. The van der Waals surface area contributed by atoms with Crippen molar-refractivity contribution in [3.63, 3.8) is 0 Å². The molecule has 0 unspecified atom stereocenters. The van der Waals surface area contributed by atoms with Gasteiger partial charge < -0.3 is 16.0 Å². The molecule has 0 atom stereocenters. The van der Waals surface area contributed by atoms with Gasteiger partial charge in [0.15, 0.2) is 5.96 Å². The molecule has 0 saturated carbocycles. The van der Waals surface area contributed by atoms with Crippen LogP contribution < -0.4 is 11.1 Å². The minimum Gasteiger partial charge on any atom is -0.370 e. The van der Waals surface area contributed by atoms with Crippen LogP contribution in [-0.4, -0.2) is 44.1 Å². The number of guanidine groups is 1. The molecule has 0 aromatic heterocycles. The van der Waals surface area contributed by atoms with E-state index in [4.69, 9.17) is 5.73 Å². The standard InChI is InChI=1S/C9H22N4/c1-4-7-13(5-2)8-6-12-9(10)11-3/h4-8H2,1-3H3,(H3,10,11,12). The Labute approximate surface area is 81.2 Å². The Bertz CT molecular complexity index is 145. The molecule has 4 heteroatoms. The Morgan fingerprint density at radius 3 is 2.54 bits per heavy atom. The average molecular weight is 186 g/mol. The molecule has 0 aliphatic rings. The topological polar surface area (TPSA) is 53.6 Å². The molecule has 3 N–H and O–H groups in total. The summed E-state index contributed by atoms with van der Waals surface area (Å²) in [5.74, 6) is 0.521. The molecule has 0 saturated heterocycles. The van der Waals surface area contributed by atoms with Gasteiger partial charge in [-0.1, -0.05) is 13.8 Å². The number of nitrogens with two attached hydrogens (primary N) is 1. The fourth-order valence-corrected chi connectivity index (χ4v) is 1.17. The van der Waals surface area contributed by atoms with E-state index in [1.54, 1.807) is 7.05 Å². The van der Waals surface area contributed by atoms with Crippen LogP contribution in [0.25, 0.3) is 0 Å². The van der Waals surface area contributed by atoms with Crippen molar-refractivity contribution in [1.82, 2.24) is 10.2 Å². The van der Waals surface area contributed by atoms with E-state index in [1.807, 2.05) is 0 Å². The Morgan fingerprint density at radius 1 is 1.38 bits per heavy atom. The Hall–Kier alpha value is -0.770. The summed E-state index contributed by atoms with van der Waals surface area (Å²) in [5.41, 5.74) is 5.49. The van der Waals surface area contributed by atoms with E-state index in [2.05, 4.69) is 29.1 Å². The molecule has 0 aliphatic heterocycles. The summed E-state index contributed by atoms with van der Waals surface area (Å²) in [5, 5.41) is 3.04. The summed E-state index contributed by atoms with van der Waals surface area (Å²) in [6.07, 6.45) is 1.20. The molecule has 78 valence electrons. The van der Waals surface area contributed by atoms with E-state index >= 15 is 0 Å². The van der Waals surface area contributed by atoms with Crippen molar-refractivity contribution in [3.05, 3.63) is 0 Å². The molecule has 0 heterocycles. The first kappa shape index (κ1) is 12.2. The maximum absolute atomic E-state index is 5.49. The molecule has 0 aliphatic carbocycles. The van der Waals surface area contributed by atoms with Crippen LogP contribution in [-0.2, 0) is 0 Å². The van der Waals surface area contributed by atoms with Crippen LogP contribution in [0.15, 0.2) is 4.99 Å². The second kappa shape index (κ2) is 7.86. The lowest BCUT2D eigenvalue weighted by Crippen LogP contribution is -2.38. The average Bonchev–Trinajstić information content (AvgIpc) is 2.16. The number of hydrogen-bond donors (Lipinski definition) is 2. The molecule has 0 spiro atoms. The maximum atomic E-state index is 5.49. The Balaban J connectivity index is 3.48. The van der Waals surface area contributed by atoms with Crippen LogP contribution in [0.4, 0.5) is 0 Å². The van der Waals surface area contributed by atoms with Gasteiger partial charge in [-0.3, -0.25) is 4.99 Å². The number of likely N-dealkylation sites (N-methyl/N-ethyl adjacent to an activating group) is 1. The summed E-state index contributed by atoms with van der Waals surface area (Å²) in [6.45, 7) is 8.52. The molecule has 0 rings (SSSR count). The smallest absolute Gasteiger partial charge is 0.188 e. The molecular formula is C9H22N4. The molecular weight excluding hydrogens is 164 g/mol. The number of nitrogens with one attached hydrogen (secondary N) is 1. The van der Waals surface area contributed by atoms with Crippen LogP contribution in [0.1, 0.15) is 20.3 Å². The predicted octanol–water partition coefficient (Wildman–Crippen LogP) is 0.252. The zero-order valence-electron chi connectivity index (χ0n) is 9.01. The zero-order chi connectivity index (χ0) is 10.1. The molecule has 4 nitrogen and oxygen atoms in total. The molecule has 0 radical (unpaired) electrons. The molecule has 0 amide bonds. The van der Waals surface area contributed by atoms with Crippen LogP contribution in [0.5, 0.6) is 0 Å². The van der Waals surface area contributed by atoms with Crippen molar-refractivity contribution >= 4 is 5.96 Å². The van der Waals surface area contributed by atoms with Crippen molar-refractivity contribution in [3.8, 4) is 0 Å². The van der Waals surface area contributed by atoms with Gasteiger partial charge in [0.25, 0.3) is 0 Å². The third-order valence-corrected chi connectivity index (χ3v) is 1.96. The van der Waals surface area contributed by atoms with Gasteiger partial charge in [0.2, 0.25) is 0 Å². The van der Waals surface area contributed by atoms with Crippen molar-refractivity contribution in [2.45, 2.75) is 20.3 Å². The quantitative estimate of drug-likeness (QED) is 0.462. The highest BCUT2D eigenvalue weighted by molar-refractivity contribution is 5.77. The minimum absolute atomic E-state index is 0.521. The SMILES string of the molecule is CCCN(CC)CCNC(N)=NC. The van der Waals surface area contributed by atoms with Gasteiger partial charge in [-0.25, -0.2) is 0 Å². The maximum Gasteiger partial charge on any atom is 0.188 e. The first-order chi connectivity index (χ1) is 6.24. The fraction of sp³-hybridized carbons (Fsp3) is 0.889. The number of rotatable bonds is 6. The normalized spacial score (nSPS) is 12.2. The van der Waals surface area contributed by atoms with Crippen molar-refractivity contribution in [2.75, 3.05) is 33.2 Å². The van der Waals surface area contributed by atoms with Gasteiger partial charge in [-0.2, -0.15) is 0 Å². The van der Waals surface area contributed by atoms with Gasteiger partial charge in [0.05, 0.1) is 0 Å². The zero-order valence-corrected chi connectivity index (χ0v) is 9.01. The van der Waals surface area contributed by atoms with E-state index in [9.17, 15) is 0 Å². The summed E-state index contributed by atoms with van der Waals surface area (Å²) in [6, 6.07) is 0. The molecule has 0 aromatic carbocycles. The van der Waals surface area contributed by atoms with E-state index in [-0.39, 0.29) is 0 Å². The largest absolute Gasteiger partial charge is 0.370 e. The van der Waals surface area contributed by atoms with Crippen LogP contribution in [0, 0.1) is 0 Å². The van der Waals surface area contributed by atoms with Gasteiger partial charge in [-0.15, -0.1) is 0 Å². The molecule has 0 aromatic rings. The first-order valence-corrected chi connectivity index (χ1v) is 4.93. The van der Waals surface area contributed by atoms with Gasteiger partial charge >= 0.3 is 0 Å². The predicted molar refractivity (Wildman–Crippen MR) is 58.0 cm³/mol. The Morgan fingerprint density at radius 2 is 2.08 bits per heavy atom. The van der Waals surface area contributed by atoms with Gasteiger partial charge in [0.1, 0.15) is 0 Å². The summed E-state index contributed by atoms with van der Waals surface area (Å²) >= 11 is 0. The van der Waals surface area contributed by atoms with E-state index < -0.39 is 0 Å².